The van der Waals surface area contributed by atoms with Crippen LogP contribution in [0.2, 0.25) is 0 Å². The Hall–Kier alpha value is -3.07. The van der Waals surface area contributed by atoms with Crippen LogP contribution in [0.5, 0.6) is 0 Å². The third kappa shape index (κ3) is 3.53. The fraction of sp³-hybridized carbons (Fsp3) is 0.250. The highest BCUT2D eigenvalue weighted by atomic mass is 32.2. The van der Waals surface area contributed by atoms with E-state index in [-0.39, 0.29) is 21.6 Å². The molecule has 2 heterocycles. The summed E-state index contributed by atoms with van der Waals surface area (Å²) >= 11 is 0. The predicted octanol–water partition coefficient (Wildman–Crippen LogP) is 2.97. The van der Waals surface area contributed by atoms with Gasteiger partial charge in [-0.15, -0.1) is 0 Å². The van der Waals surface area contributed by atoms with Crippen LogP contribution >= 0.6 is 0 Å². The molecule has 0 aliphatic carbocycles. The van der Waals surface area contributed by atoms with Crippen molar-refractivity contribution in [3.63, 3.8) is 0 Å². The van der Waals surface area contributed by atoms with Gasteiger partial charge in [-0.05, 0) is 24.6 Å². The number of nitrogens with zero attached hydrogens (tertiary/aromatic N) is 2. The number of para-hydroxylation sites is 1. The maximum Gasteiger partial charge on any atom is 0.300 e. The molecule has 4 rings (SSSR count). The van der Waals surface area contributed by atoms with Crippen molar-refractivity contribution >= 4 is 38.3 Å². The average Bonchev–Trinajstić information content (AvgIpc) is 3.05. The van der Waals surface area contributed by atoms with E-state index in [0.29, 0.717) is 11.4 Å². The summed E-state index contributed by atoms with van der Waals surface area (Å²) in [5.74, 6) is -1.75. The van der Waals surface area contributed by atoms with Crippen LogP contribution in [0.3, 0.4) is 0 Å². The van der Waals surface area contributed by atoms with Gasteiger partial charge in [-0.2, -0.15) is 0 Å². The summed E-state index contributed by atoms with van der Waals surface area (Å²) in [5, 5.41) is 0.130. The summed E-state index contributed by atoms with van der Waals surface area (Å²) in [5.41, 5.74) is 1.31. The van der Waals surface area contributed by atoms with Gasteiger partial charge in [-0.3, -0.25) is 4.79 Å². The molecule has 2 aromatic carbocycles. The van der Waals surface area contributed by atoms with Crippen LogP contribution in [0.1, 0.15) is 17.0 Å². The van der Waals surface area contributed by atoms with Gasteiger partial charge in [-0.25, -0.2) is 17.5 Å². The maximum atomic E-state index is 14.4. The van der Waals surface area contributed by atoms with Gasteiger partial charge in [0.1, 0.15) is 16.3 Å². The quantitative estimate of drug-likeness (QED) is 0.687. The predicted molar refractivity (Wildman–Crippen MR) is 108 cm³/mol. The number of benzene rings is 2. The minimum absolute atomic E-state index is 0.0410. The van der Waals surface area contributed by atoms with Gasteiger partial charge < -0.3 is 14.2 Å². The zero-order valence-corrected chi connectivity index (χ0v) is 16.8. The summed E-state index contributed by atoms with van der Waals surface area (Å²) in [6.07, 6.45) is 1.04. The molecule has 0 saturated carbocycles. The van der Waals surface area contributed by atoms with Gasteiger partial charge in [-0.1, -0.05) is 12.1 Å². The molecule has 9 heteroatoms. The molecule has 29 heavy (non-hydrogen) atoms. The lowest BCUT2D eigenvalue weighted by atomic mass is 10.1. The van der Waals surface area contributed by atoms with E-state index in [2.05, 4.69) is 0 Å². The number of hydrogen-bond donors (Lipinski definition) is 1. The van der Waals surface area contributed by atoms with Crippen molar-refractivity contribution in [3.05, 3.63) is 54.0 Å². The van der Waals surface area contributed by atoms with E-state index in [4.69, 9.17) is 4.42 Å². The number of furan rings is 1. The minimum atomic E-state index is -4.15. The van der Waals surface area contributed by atoms with Crippen LogP contribution in [0.15, 0.2) is 51.8 Å². The van der Waals surface area contributed by atoms with E-state index in [1.54, 1.807) is 43.3 Å². The first-order valence-corrected chi connectivity index (χ1v) is 10.6. The molecule has 1 aliphatic heterocycles. The molecule has 1 amide bonds. The summed E-state index contributed by atoms with van der Waals surface area (Å²) in [7, 11) is -0.746. The Kier molecular flexibility index (Phi) is 4.70. The van der Waals surface area contributed by atoms with E-state index in [0.717, 1.165) is 19.5 Å². The van der Waals surface area contributed by atoms with Crippen molar-refractivity contribution in [3.8, 4) is 0 Å². The van der Waals surface area contributed by atoms with Crippen LogP contribution in [0.25, 0.3) is 11.0 Å². The van der Waals surface area contributed by atoms with Gasteiger partial charge in [0, 0.05) is 45.0 Å². The molecular weight excluding hydrogens is 397 g/mol. The maximum absolute atomic E-state index is 14.4. The van der Waals surface area contributed by atoms with Crippen LogP contribution in [-0.4, -0.2) is 41.5 Å². The molecule has 0 radical (unpaired) electrons. The summed E-state index contributed by atoms with van der Waals surface area (Å²) < 4.78 is 47.4. The van der Waals surface area contributed by atoms with Crippen molar-refractivity contribution in [1.82, 2.24) is 4.72 Å². The number of halogens is 1. The molecule has 0 atom stereocenters. The molecule has 1 saturated heterocycles. The second-order valence-corrected chi connectivity index (χ2v) is 8.74. The highest BCUT2D eigenvalue weighted by Gasteiger charge is 2.25. The number of hydrogen-bond acceptors (Lipinski definition) is 6. The van der Waals surface area contributed by atoms with Crippen molar-refractivity contribution in [1.29, 1.82) is 0 Å². The normalized spacial score (nSPS) is 14.0. The third-order valence-corrected chi connectivity index (χ3v) is 6.26. The summed E-state index contributed by atoms with van der Waals surface area (Å²) in [6.45, 7) is 1.67. The second kappa shape index (κ2) is 7.07. The fourth-order valence-electron chi connectivity index (χ4n) is 3.23. The van der Waals surface area contributed by atoms with Crippen LogP contribution in [-0.2, 0) is 10.0 Å². The average molecular weight is 417 g/mol. The Morgan fingerprint density at radius 2 is 1.90 bits per heavy atom. The molecule has 1 N–H and O–H groups in total. The Labute approximate surface area is 167 Å². The Bertz CT molecular complexity index is 1200. The molecule has 1 fully saturated rings. The SMILES string of the molecule is CN(C)c1ccccc1S(=O)(=O)NC(=O)c1cc2c(F)cc(N3CCC3)cc2o1. The van der Waals surface area contributed by atoms with Crippen LogP contribution < -0.4 is 14.5 Å². The smallest absolute Gasteiger partial charge is 0.300 e. The molecule has 0 bridgehead atoms. The molecular formula is C20H20FN3O4S. The van der Waals surface area contributed by atoms with Gasteiger partial charge >= 0.3 is 5.91 Å². The molecule has 3 aromatic rings. The van der Waals surface area contributed by atoms with E-state index >= 15 is 0 Å². The number of fused-ring (bicyclic) bond motifs is 1. The van der Waals surface area contributed by atoms with Crippen molar-refractivity contribution in [2.75, 3.05) is 37.0 Å². The lowest BCUT2D eigenvalue weighted by Gasteiger charge is -2.33. The molecule has 0 unspecified atom stereocenters. The largest absolute Gasteiger partial charge is 0.451 e. The van der Waals surface area contributed by atoms with E-state index < -0.39 is 21.7 Å². The van der Waals surface area contributed by atoms with Gasteiger partial charge in [0.05, 0.1) is 11.1 Å². The number of carbonyl (C=O) groups is 1. The first-order chi connectivity index (χ1) is 13.8. The number of rotatable bonds is 5. The van der Waals surface area contributed by atoms with Gasteiger partial charge in [0.25, 0.3) is 10.0 Å². The number of nitrogens with one attached hydrogen (secondary N) is 1. The van der Waals surface area contributed by atoms with Gasteiger partial charge in [0.2, 0.25) is 0 Å². The monoisotopic (exact) mass is 417 g/mol. The molecule has 1 aromatic heterocycles. The summed E-state index contributed by atoms with van der Waals surface area (Å²) in [6, 6.07) is 10.6. The van der Waals surface area contributed by atoms with Crippen molar-refractivity contribution in [2.24, 2.45) is 0 Å². The molecule has 7 nitrogen and oxygen atoms in total. The molecule has 1 aliphatic rings. The van der Waals surface area contributed by atoms with E-state index in [1.807, 2.05) is 9.62 Å². The fourth-order valence-corrected chi connectivity index (χ4v) is 4.47. The second-order valence-electron chi connectivity index (χ2n) is 7.09. The first-order valence-electron chi connectivity index (χ1n) is 9.08. The van der Waals surface area contributed by atoms with E-state index in [1.165, 1.54) is 18.2 Å². The lowest BCUT2D eigenvalue weighted by Crippen LogP contribution is -2.36. The van der Waals surface area contributed by atoms with Crippen molar-refractivity contribution in [2.45, 2.75) is 11.3 Å². The highest BCUT2D eigenvalue weighted by Crippen LogP contribution is 2.30. The lowest BCUT2D eigenvalue weighted by molar-refractivity contribution is 0.0956. The van der Waals surface area contributed by atoms with Gasteiger partial charge in [0.15, 0.2) is 5.76 Å². The standard InChI is InChI=1S/C20H20FN3O4S/c1-23(2)16-6-3-4-7-19(16)29(26,27)22-20(25)18-12-14-15(21)10-13(11-17(14)28-18)24-8-5-9-24/h3-4,6-7,10-12H,5,8-9H2,1-2H3,(H,22,25). The highest BCUT2D eigenvalue weighted by molar-refractivity contribution is 7.90. The number of amides is 1. The molecule has 0 spiro atoms. The molecule has 152 valence electrons. The Balaban J connectivity index is 1.64. The van der Waals surface area contributed by atoms with E-state index in [9.17, 15) is 17.6 Å². The summed E-state index contributed by atoms with van der Waals surface area (Å²) in [4.78, 5) is 16.1. The number of anilines is 2. The number of sulfonamides is 1. The van der Waals surface area contributed by atoms with Crippen LogP contribution in [0.4, 0.5) is 15.8 Å². The third-order valence-electron chi connectivity index (χ3n) is 4.88. The zero-order valence-electron chi connectivity index (χ0n) is 16.0. The first kappa shape index (κ1) is 19.3. The zero-order chi connectivity index (χ0) is 20.8. The van der Waals surface area contributed by atoms with Crippen molar-refractivity contribution < 1.29 is 22.0 Å². The topological polar surface area (TPSA) is 82.9 Å². The van der Waals surface area contributed by atoms with Crippen LogP contribution in [0, 0.1) is 5.82 Å². The Morgan fingerprint density at radius 3 is 2.55 bits per heavy atom. The Morgan fingerprint density at radius 1 is 1.17 bits per heavy atom. The minimum Gasteiger partial charge on any atom is -0.451 e. The number of carbonyl (C=O) groups excluding carboxylic acids is 1.